The number of nitrogens with zero attached hydrogens (tertiary/aromatic N) is 2. The van der Waals surface area contributed by atoms with Crippen LogP contribution in [0.5, 0.6) is 0 Å². The van der Waals surface area contributed by atoms with E-state index in [0.29, 0.717) is 45.0 Å². The minimum atomic E-state index is -0.480. The summed E-state index contributed by atoms with van der Waals surface area (Å²) in [6.45, 7) is 6.20. The molecule has 0 spiro atoms. The average molecular weight is 481 g/mol. The number of nitrogens with one attached hydrogen (secondary N) is 1. The molecular weight excluding hydrogens is 455 g/mol. The van der Waals surface area contributed by atoms with Crippen molar-refractivity contribution in [1.82, 2.24) is 10.2 Å². The van der Waals surface area contributed by atoms with Gasteiger partial charge in [-0.15, -0.1) is 24.0 Å². The average Bonchev–Trinajstić information content (AvgIpc) is 2.61. The molecule has 1 aromatic carbocycles. The fraction of sp³-hybridized carbons (Fsp3) is 0.556. The van der Waals surface area contributed by atoms with Gasteiger partial charge in [0.15, 0.2) is 5.96 Å². The summed E-state index contributed by atoms with van der Waals surface area (Å²) in [6, 6.07) is 3.36. The molecular formula is C18H26F2IN3O2. The molecule has 26 heavy (non-hydrogen) atoms. The van der Waals surface area contributed by atoms with Gasteiger partial charge >= 0.3 is 5.97 Å². The minimum Gasteiger partial charge on any atom is -0.466 e. The SMILES string of the molecule is CCNC(=NCc1cc(F)ccc1F)N1CCC(C(=O)OCC)CC1.I. The van der Waals surface area contributed by atoms with Crippen molar-refractivity contribution in [2.75, 3.05) is 26.2 Å². The largest absolute Gasteiger partial charge is 0.466 e. The Bertz CT molecular complexity index is 620. The summed E-state index contributed by atoms with van der Waals surface area (Å²) in [7, 11) is 0. The summed E-state index contributed by atoms with van der Waals surface area (Å²) in [5.41, 5.74) is 0.219. The molecule has 0 unspecified atom stereocenters. The Morgan fingerprint density at radius 3 is 2.62 bits per heavy atom. The molecule has 1 aliphatic heterocycles. The summed E-state index contributed by atoms with van der Waals surface area (Å²) in [6.07, 6.45) is 1.38. The van der Waals surface area contributed by atoms with E-state index in [1.165, 1.54) is 0 Å². The van der Waals surface area contributed by atoms with Crippen LogP contribution in [0.2, 0.25) is 0 Å². The van der Waals surface area contributed by atoms with E-state index in [0.717, 1.165) is 18.2 Å². The summed E-state index contributed by atoms with van der Waals surface area (Å²) in [4.78, 5) is 18.3. The normalized spacial score (nSPS) is 15.4. The van der Waals surface area contributed by atoms with Crippen LogP contribution in [0.1, 0.15) is 32.3 Å². The lowest BCUT2D eigenvalue weighted by Gasteiger charge is -2.33. The fourth-order valence-electron chi connectivity index (χ4n) is 2.84. The van der Waals surface area contributed by atoms with Crippen molar-refractivity contribution < 1.29 is 18.3 Å². The Morgan fingerprint density at radius 2 is 2.00 bits per heavy atom. The van der Waals surface area contributed by atoms with E-state index < -0.39 is 11.6 Å². The third-order valence-electron chi connectivity index (χ3n) is 4.16. The number of carbonyl (C=O) groups excluding carboxylic acids is 1. The van der Waals surface area contributed by atoms with Gasteiger partial charge in [0.1, 0.15) is 11.6 Å². The van der Waals surface area contributed by atoms with Crippen LogP contribution in [-0.4, -0.2) is 43.1 Å². The molecule has 8 heteroatoms. The predicted octanol–water partition coefficient (Wildman–Crippen LogP) is 3.32. The number of ether oxygens (including phenoxy) is 1. The molecule has 1 fully saturated rings. The van der Waals surface area contributed by atoms with Crippen molar-refractivity contribution in [2.24, 2.45) is 10.9 Å². The van der Waals surface area contributed by atoms with E-state index >= 15 is 0 Å². The predicted molar refractivity (Wildman–Crippen MR) is 108 cm³/mol. The van der Waals surface area contributed by atoms with Gasteiger partial charge in [-0.2, -0.15) is 0 Å². The van der Waals surface area contributed by atoms with Crippen molar-refractivity contribution >= 4 is 35.9 Å². The van der Waals surface area contributed by atoms with Crippen LogP contribution in [0.25, 0.3) is 0 Å². The van der Waals surface area contributed by atoms with E-state index in [-0.39, 0.29) is 48.0 Å². The standard InChI is InChI=1S/C18H25F2N3O2.HI/c1-3-21-18(22-12-14-11-15(19)5-6-16(14)20)23-9-7-13(8-10-23)17(24)25-4-2;/h5-6,11,13H,3-4,7-10,12H2,1-2H3,(H,21,22);1H. The highest BCUT2D eigenvalue weighted by Gasteiger charge is 2.27. The highest BCUT2D eigenvalue weighted by Crippen LogP contribution is 2.19. The molecule has 0 amide bonds. The van der Waals surface area contributed by atoms with Gasteiger partial charge in [-0.25, -0.2) is 13.8 Å². The first-order valence-corrected chi connectivity index (χ1v) is 8.69. The molecule has 146 valence electrons. The van der Waals surface area contributed by atoms with Crippen LogP contribution >= 0.6 is 24.0 Å². The van der Waals surface area contributed by atoms with Crippen LogP contribution in [-0.2, 0) is 16.1 Å². The number of rotatable bonds is 5. The van der Waals surface area contributed by atoms with Gasteiger partial charge in [-0.3, -0.25) is 4.79 Å². The Balaban J connectivity index is 0.00000338. The van der Waals surface area contributed by atoms with Crippen molar-refractivity contribution in [3.05, 3.63) is 35.4 Å². The summed E-state index contributed by atoms with van der Waals surface area (Å²) in [5, 5.41) is 3.17. The lowest BCUT2D eigenvalue weighted by molar-refractivity contribution is -0.149. The Labute approximate surface area is 170 Å². The Hall–Kier alpha value is -1.45. The fourth-order valence-corrected chi connectivity index (χ4v) is 2.84. The molecule has 0 saturated carbocycles. The van der Waals surface area contributed by atoms with Gasteiger partial charge in [0.05, 0.1) is 19.1 Å². The van der Waals surface area contributed by atoms with Gasteiger partial charge < -0.3 is 15.0 Å². The molecule has 1 heterocycles. The lowest BCUT2D eigenvalue weighted by Crippen LogP contribution is -2.46. The van der Waals surface area contributed by atoms with E-state index in [9.17, 15) is 13.6 Å². The number of halogens is 3. The maximum Gasteiger partial charge on any atom is 0.309 e. The maximum atomic E-state index is 13.7. The third-order valence-corrected chi connectivity index (χ3v) is 4.16. The first kappa shape index (κ1) is 22.6. The van der Waals surface area contributed by atoms with Crippen molar-refractivity contribution in [2.45, 2.75) is 33.2 Å². The lowest BCUT2D eigenvalue weighted by atomic mass is 9.97. The van der Waals surface area contributed by atoms with Crippen molar-refractivity contribution in [1.29, 1.82) is 0 Å². The van der Waals surface area contributed by atoms with Gasteiger partial charge in [0.2, 0.25) is 0 Å². The minimum absolute atomic E-state index is 0. The molecule has 1 N–H and O–H groups in total. The third kappa shape index (κ3) is 6.37. The van der Waals surface area contributed by atoms with Crippen LogP contribution < -0.4 is 5.32 Å². The molecule has 1 aliphatic rings. The van der Waals surface area contributed by atoms with E-state index in [2.05, 4.69) is 10.3 Å². The number of aliphatic imine (C=N–C) groups is 1. The van der Waals surface area contributed by atoms with Gasteiger partial charge in [0, 0.05) is 25.2 Å². The molecule has 5 nitrogen and oxygen atoms in total. The molecule has 0 bridgehead atoms. The molecule has 0 atom stereocenters. The summed E-state index contributed by atoms with van der Waals surface area (Å²) >= 11 is 0. The second kappa shape index (κ2) is 11.3. The topological polar surface area (TPSA) is 53.9 Å². The number of esters is 1. The number of guanidine groups is 1. The number of benzene rings is 1. The Kier molecular flexibility index (Phi) is 9.82. The maximum absolute atomic E-state index is 13.7. The Morgan fingerprint density at radius 1 is 1.31 bits per heavy atom. The quantitative estimate of drug-likeness (QED) is 0.304. The first-order valence-electron chi connectivity index (χ1n) is 8.69. The number of carbonyl (C=O) groups is 1. The van der Waals surface area contributed by atoms with Crippen LogP contribution in [0.3, 0.4) is 0 Å². The van der Waals surface area contributed by atoms with Gasteiger partial charge in [-0.05, 0) is 44.9 Å². The monoisotopic (exact) mass is 481 g/mol. The molecule has 0 aliphatic carbocycles. The highest BCUT2D eigenvalue weighted by atomic mass is 127. The first-order chi connectivity index (χ1) is 12.0. The van der Waals surface area contributed by atoms with Crippen LogP contribution in [0.4, 0.5) is 8.78 Å². The van der Waals surface area contributed by atoms with E-state index in [1.54, 1.807) is 6.92 Å². The molecule has 2 rings (SSSR count). The molecule has 1 saturated heterocycles. The zero-order valence-electron chi connectivity index (χ0n) is 15.1. The highest BCUT2D eigenvalue weighted by molar-refractivity contribution is 14.0. The number of hydrogen-bond donors (Lipinski definition) is 1. The van der Waals surface area contributed by atoms with Crippen LogP contribution in [0, 0.1) is 17.6 Å². The summed E-state index contributed by atoms with van der Waals surface area (Å²) < 4.78 is 32.1. The number of piperidine rings is 1. The van der Waals surface area contributed by atoms with Crippen LogP contribution in [0.15, 0.2) is 23.2 Å². The number of likely N-dealkylation sites (tertiary alicyclic amines) is 1. The zero-order chi connectivity index (χ0) is 18.2. The molecule has 0 radical (unpaired) electrons. The van der Waals surface area contributed by atoms with E-state index in [4.69, 9.17) is 4.74 Å². The molecule has 0 aromatic heterocycles. The second-order valence-corrected chi connectivity index (χ2v) is 5.92. The van der Waals surface area contributed by atoms with Crippen molar-refractivity contribution in [3.8, 4) is 0 Å². The summed E-state index contributed by atoms with van der Waals surface area (Å²) in [5.74, 6) is -0.534. The molecule has 1 aromatic rings. The van der Waals surface area contributed by atoms with Gasteiger partial charge in [0.25, 0.3) is 0 Å². The van der Waals surface area contributed by atoms with Gasteiger partial charge in [-0.1, -0.05) is 0 Å². The second-order valence-electron chi connectivity index (χ2n) is 5.92. The smallest absolute Gasteiger partial charge is 0.309 e. The van der Waals surface area contributed by atoms with Crippen molar-refractivity contribution in [3.63, 3.8) is 0 Å². The zero-order valence-corrected chi connectivity index (χ0v) is 17.5. The number of hydrogen-bond acceptors (Lipinski definition) is 3. The van der Waals surface area contributed by atoms with E-state index in [1.807, 2.05) is 11.8 Å².